The highest BCUT2D eigenvalue weighted by atomic mass is 35.5. The van der Waals surface area contributed by atoms with Gasteiger partial charge in [0.05, 0.1) is 0 Å². The summed E-state index contributed by atoms with van der Waals surface area (Å²) in [7, 11) is 0. The van der Waals surface area contributed by atoms with Crippen LogP contribution in [0.3, 0.4) is 0 Å². The Hall–Kier alpha value is -4.86. The molecule has 0 radical (unpaired) electrons. The first-order valence-electron chi connectivity index (χ1n) is 12.8. The first-order valence-corrected chi connectivity index (χ1v) is 13.2. The number of benzene rings is 6. The van der Waals surface area contributed by atoms with Gasteiger partial charge < -0.3 is 0 Å². The molecule has 6 aromatic carbocycles. The highest BCUT2D eigenvalue weighted by Crippen LogP contribution is 2.34. The van der Waals surface area contributed by atoms with E-state index in [9.17, 15) is 0 Å². The fourth-order valence-electron chi connectivity index (χ4n) is 5.08. The minimum absolute atomic E-state index is 0.169. The van der Waals surface area contributed by atoms with Crippen LogP contribution in [0.4, 0.5) is 0 Å². The summed E-state index contributed by atoms with van der Waals surface area (Å²) in [6.45, 7) is 0. The molecular weight excluding hydrogens is 498 g/mol. The number of nitrogens with zero attached hydrogens (tertiary/aromatic N) is 3. The predicted octanol–water partition coefficient (Wildman–Crippen LogP) is 9.50. The van der Waals surface area contributed by atoms with E-state index in [1.807, 2.05) is 30.3 Å². The largest absolute Gasteiger partial charge is 0.226 e. The van der Waals surface area contributed by atoms with Crippen molar-refractivity contribution in [2.45, 2.75) is 0 Å². The van der Waals surface area contributed by atoms with Crippen molar-refractivity contribution in [1.82, 2.24) is 15.0 Å². The number of halogens is 1. The Morgan fingerprint density at radius 1 is 0.359 bits per heavy atom. The molecule has 184 valence electrons. The van der Waals surface area contributed by atoms with Crippen LogP contribution in [-0.2, 0) is 0 Å². The summed E-state index contributed by atoms with van der Waals surface area (Å²) >= 11 is 6.47. The van der Waals surface area contributed by atoms with Crippen molar-refractivity contribution in [3.8, 4) is 45.0 Å². The molecule has 0 unspecified atom stereocenters. The van der Waals surface area contributed by atoms with E-state index in [1.165, 1.54) is 21.9 Å². The van der Waals surface area contributed by atoms with E-state index in [0.717, 1.165) is 33.0 Å². The van der Waals surface area contributed by atoms with Crippen molar-refractivity contribution in [3.05, 3.63) is 139 Å². The Balaban J connectivity index is 1.30. The zero-order valence-electron chi connectivity index (χ0n) is 20.9. The molecule has 39 heavy (non-hydrogen) atoms. The molecule has 0 bridgehead atoms. The maximum atomic E-state index is 6.47. The second kappa shape index (κ2) is 9.79. The third-order valence-electron chi connectivity index (χ3n) is 7.04. The molecule has 0 N–H and O–H groups in total. The summed E-state index contributed by atoms with van der Waals surface area (Å²) < 4.78 is 0. The number of rotatable bonds is 4. The molecule has 0 atom stereocenters. The van der Waals surface area contributed by atoms with Crippen molar-refractivity contribution >= 4 is 33.1 Å². The fourth-order valence-corrected chi connectivity index (χ4v) is 5.24. The smallest absolute Gasteiger partial charge is 0.208 e. The Kier molecular flexibility index (Phi) is 5.84. The van der Waals surface area contributed by atoms with Crippen molar-refractivity contribution in [3.63, 3.8) is 0 Å². The average Bonchev–Trinajstić information content (AvgIpc) is 3.00. The molecule has 1 heterocycles. The number of aromatic nitrogens is 3. The summed E-state index contributed by atoms with van der Waals surface area (Å²) in [6, 6.07) is 46.1. The van der Waals surface area contributed by atoms with Gasteiger partial charge in [0.1, 0.15) is 0 Å². The van der Waals surface area contributed by atoms with Crippen LogP contribution in [0.2, 0.25) is 5.28 Å². The van der Waals surface area contributed by atoms with E-state index in [1.54, 1.807) is 0 Å². The van der Waals surface area contributed by atoms with Gasteiger partial charge >= 0.3 is 0 Å². The second-order valence-electron chi connectivity index (χ2n) is 9.50. The van der Waals surface area contributed by atoms with Gasteiger partial charge in [-0.1, -0.05) is 115 Å². The monoisotopic (exact) mass is 519 g/mol. The lowest BCUT2D eigenvalue weighted by Crippen LogP contribution is -1.98. The summed E-state index contributed by atoms with van der Waals surface area (Å²) in [5, 5.41) is 4.83. The average molecular weight is 520 g/mol. The van der Waals surface area contributed by atoms with Gasteiger partial charge in [-0.2, -0.15) is 9.97 Å². The molecule has 0 fully saturated rings. The maximum Gasteiger partial charge on any atom is 0.226 e. The Bertz CT molecular complexity index is 1980. The van der Waals surface area contributed by atoms with Crippen LogP contribution < -0.4 is 0 Å². The highest BCUT2D eigenvalue weighted by molar-refractivity contribution is 6.28. The van der Waals surface area contributed by atoms with Crippen LogP contribution >= 0.6 is 11.6 Å². The van der Waals surface area contributed by atoms with Crippen molar-refractivity contribution in [2.24, 2.45) is 0 Å². The quantitative estimate of drug-likeness (QED) is 0.232. The van der Waals surface area contributed by atoms with Crippen LogP contribution in [0.25, 0.3) is 66.6 Å². The van der Waals surface area contributed by atoms with E-state index >= 15 is 0 Å². The SMILES string of the molecule is Clc1nc(-c2ccc3cc(-c4ccccc4)ccc3c2)nc(-c2ccccc2-c2ccc3ccccc3c2)n1. The fraction of sp³-hybridized carbons (Fsp3) is 0. The van der Waals surface area contributed by atoms with Crippen molar-refractivity contribution in [2.75, 3.05) is 0 Å². The van der Waals surface area contributed by atoms with E-state index in [2.05, 4.69) is 113 Å². The minimum Gasteiger partial charge on any atom is -0.208 e. The Morgan fingerprint density at radius 3 is 1.72 bits per heavy atom. The molecule has 4 heteroatoms. The van der Waals surface area contributed by atoms with Gasteiger partial charge in [-0.3, -0.25) is 0 Å². The van der Waals surface area contributed by atoms with Gasteiger partial charge in [0.25, 0.3) is 0 Å². The molecule has 0 saturated carbocycles. The molecule has 7 rings (SSSR count). The third kappa shape index (κ3) is 4.54. The van der Waals surface area contributed by atoms with Gasteiger partial charge in [-0.05, 0) is 73.6 Å². The summed E-state index contributed by atoms with van der Waals surface area (Å²) in [5.74, 6) is 1.10. The first-order chi connectivity index (χ1) is 19.2. The number of hydrogen-bond donors (Lipinski definition) is 0. The standard InChI is InChI=1S/C35H22ClN3/c36-35-38-33(30-19-17-27-20-26(15-16-28(27)22-30)23-8-2-1-3-9-23)37-34(39-35)32-13-7-6-12-31(32)29-18-14-24-10-4-5-11-25(24)21-29/h1-22H. The molecule has 3 nitrogen and oxygen atoms in total. The molecule has 0 saturated heterocycles. The zero-order chi connectivity index (χ0) is 26.2. The molecular formula is C35H22ClN3. The van der Waals surface area contributed by atoms with Gasteiger partial charge in [0.2, 0.25) is 5.28 Å². The molecule has 0 amide bonds. The molecule has 7 aromatic rings. The van der Waals surface area contributed by atoms with Crippen LogP contribution in [0.5, 0.6) is 0 Å². The third-order valence-corrected chi connectivity index (χ3v) is 7.21. The topological polar surface area (TPSA) is 38.7 Å². The predicted molar refractivity (Wildman–Crippen MR) is 162 cm³/mol. The van der Waals surface area contributed by atoms with E-state index < -0.39 is 0 Å². The van der Waals surface area contributed by atoms with Crippen LogP contribution in [0.1, 0.15) is 0 Å². The molecule has 1 aromatic heterocycles. The second-order valence-corrected chi connectivity index (χ2v) is 9.84. The lowest BCUT2D eigenvalue weighted by atomic mass is 9.96. The van der Waals surface area contributed by atoms with Gasteiger partial charge in [-0.25, -0.2) is 4.98 Å². The first kappa shape index (κ1) is 23.3. The lowest BCUT2D eigenvalue weighted by molar-refractivity contribution is 1.07. The zero-order valence-corrected chi connectivity index (χ0v) is 21.7. The molecule has 0 aliphatic rings. The van der Waals surface area contributed by atoms with Gasteiger partial charge in [0, 0.05) is 11.1 Å². The molecule has 0 aliphatic carbocycles. The van der Waals surface area contributed by atoms with E-state index in [0.29, 0.717) is 11.6 Å². The number of hydrogen-bond acceptors (Lipinski definition) is 3. The molecule has 0 aliphatic heterocycles. The Labute approximate surface area is 231 Å². The van der Waals surface area contributed by atoms with Crippen molar-refractivity contribution < 1.29 is 0 Å². The van der Waals surface area contributed by atoms with Crippen LogP contribution in [0, 0.1) is 0 Å². The van der Waals surface area contributed by atoms with E-state index in [-0.39, 0.29) is 5.28 Å². The van der Waals surface area contributed by atoms with Crippen molar-refractivity contribution in [1.29, 1.82) is 0 Å². The summed E-state index contributed by atoms with van der Waals surface area (Å²) in [4.78, 5) is 13.9. The lowest BCUT2D eigenvalue weighted by Gasteiger charge is -2.11. The maximum absolute atomic E-state index is 6.47. The van der Waals surface area contributed by atoms with Gasteiger partial charge in [0.15, 0.2) is 11.6 Å². The normalized spacial score (nSPS) is 11.2. The van der Waals surface area contributed by atoms with Gasteiger partial charge in [-0.15, -0.1) is 0 Å². The highest BCUT2D eigenvalue weighted by Gasteiger charge is 2.14. The molecule has 0 spiro atoms. The Morgan fingerprint density at radius 2 is 0.897 bits per heavy atom. The van der Waals surface area contributed by atoms with Crippen LogP contribution in [-0.4, -0.2) is 15.0 Å². The summed E-state index contributed by atoms with van der Waals surface area (Å²) in [6.07, 6.45) is 0. The van der Waals surface area contributed by atoms with E-state index in [4.69, 9.17) is 16.6 Å². The van der Waals surface area contributed by atoms with Crippen LogP contribution in [0.15, 0.2) is 133 Å². The minimum atomic E-state index is 0.169. The number of fused-ring (bicyclic) bond motifs is 2. The summed E-state index contributed by atoms with van der Waals surface area (Å²) in [5.41, 5.74) is 6.33.